The highest BCUT2D eigenvalue weighted by Gasteiger charge is 2.36. The highest BCUT2D eigenvalue weighted by molar-refractivity contribution is 7.85. The van der Waals surface area contributed by atoms with Crippen molar-refractivity contribution in [2.45, 2.75) is 30.4 Å². The molecule has 4 atom stereocenters. The molecule has 0 heterocycles. The molecule has 0 saturated heterocycles. The van der Waals surface area contributed by atoms with E-state index >= 15 is 0 Å². The van der Waals surface area contributed by atoms with Crippen molar-refractivity contribution in [3.05, 3.63) is 42.0 Å². The zero-order valence-electron chi connectivity index (χ0n) is 11.2. The number of hydrogen-bond acceptors (Lipinski definition) is 2. The lowest BCUT2D eigenvalue weighted by Gasteiger charge is -2.30. The van der Waals surface area contributed by atoms with Crippen LogP contribution in [0.4, 0.5) is 0 Å². The van der Waals surface area contributed by atoms with Crippen molar-refractivity contribution in [2.24, 2.45) is 17.6 Å². The Hall–Kier alpha value is -1.42. The largest absolute Gasteiger partial charge is 0.369 e. The van der Waals surface area contributed by atoms with E-state index in [0.29, 0.717) is 6.42 Å². The maximum absolute atomic E-state index is 12.6. The van der Waals surface area contributed by atoms with E-state index < -0.39 is 10.8 Å². The molecule has 102 valence electrons. The number of primary amides is 1. The Bertz CT molecular complexity index is 521. The van der Waals surface area contributed by atoms with Crippen LogP contribution in [0.2, 0.25) is 0 Å². The molecular formula is C15H19NO2S. The maximum atomic E-state index is 12.6. The Balaban J connectivity index is 2.29. The standard InChI is InChI=1S/C15H19NO2S/c1-10-6-8-12(9-7-10)19(18)13-5-3-4-11(2)14(13)15(16)17/h3-4,6-9,11,13-14H,5H2,1-2H3,(H2,16,17)/t11-,13+,14-,19+/m1/s1. The molecule has 2 rings (SSSR count). The lowest BCUT2D eigenvalue weighted by atomic mass is 9.84. The predicted molar refractivity (Wildman–Crippen MR) is 77.0 cm³/mol. The van der Waals surface area contributed by atoms with Gasteiger partial charge in [-0.2, -0.15) is 0 Å². The zero-order valence-corrected chi connectivity index (χ0v) is 12.0. The third kappa shape index (κ3) is 2.95. The third-order valence-corrected chi connectivity index (χ3v) is 5.40. The summed E-state index contributed by atoms with van der Waals surface area (Å²) in [6, 6.07) is 7.61. The summed E-state index contributed by atoms with van der Waals surface area (Å²) >= 11 is 0. The van der Waals surface area contributed by atoms with E-state index in [1.165, 1.54) is 0 Å². The molecule has 4 heteroatoms. The molecular weight excluding hydrogens is 258 g/mol. The molecule has 0 radical (unpaired) electrons. The van der Waals surface area contributed by atoms with E-state index in [9.17, 15) is 9.00 Å². The minimum atomic E-state index is -1.20. The van der Waals surface area contributed by atoms with Crippen LogP contribution in [0.3, 0.4) is 0 Å². The summed E-state index contributed by atoms with van der Waals surface area (Å²) in [5.41, 5.74) is 6.61. The van der Waals surface area contributed by atoms with Crippen LogP contribution in [0.25, 0.3) is 0 Å². The van der Waals surface area contributed by atoms with Gasteiger partial charge in [0.2, 0.25) is 5.91 Å². The molecule has 19 heavy (non-hydrogen) atoms. The van der Waals surface area contributed by atoms with Gasteiger partial charge in [-0.1, -0.05) is 36.8 Å². The van der Waals surface area contributed by atoms with Gasteiger partial charge in [-0.3, -0.25) is 9.00 Å². The van der Waals surface area contributed by atoms with Gasteiger partial charge in [-0.25, -0.2) is 0 Å². The number of aryl methyl sites for hydroxylation is 1. The third-order valence-electron chi connectivity index (χ3n) is 3.63. The Morgan fingerprint density at radius 2 is 1.95 bits per heavy atom. The van der Waals surface area contributed by atoms with Crippen LogP contribution in [0.1, 0.15) is 18.9 Å². The van der Waals surface area contributed by atoms with Crippen molar-refractivity contribution >= 4 is 16.7 Å². The van der Waals surface area contributed by atoms with Crippen molar-refractivity contribution in [3.63, 3.8) is 0 Å². The van der Waals surface area contributed by atoms with E-state index in [4.69, 9.17) is 5.73 Å². The number of carbonyl (C=O) groups is 1. The quantitative estimate of drug-likeness (QED) is 0.861. The van der Waals surface area contributed by atoms with Crippen LogP contribution in [0.5, 0.6) is 0 Å². The fraction of sp³-hybridized carbons (Fsp3) is 0.400. The monoisotopic (exact) mass is 277 g/mol. The topological polar surface area (TPSA) is 60.2 Å². The van der Waals surface area contributed by atoms with Crippen molar-refractivity contribution < 1.29 is 9.00 Å². The van der Waals surface area contributed by atoms with Crippen molar-refractivity contribution in [2.75, 3.05) is 0 Å². The molecule has 0 spiro atoms. The van der Waals surface area contributed by atoms with Crippen LogP contribution in [-0.2, 0) is 15.6 Å². The zero-order chi connectivity index (χ0) is 14.0. The average molecular weight is 277 g/mol. The number of carbonyl (C=O) groups excluding carboxylic acids is 1. The molecule has 0 unspecified atom stereocenters. The second-order valence-corrected chi connectivity index (χ2v) is 6.77. The van der Waals surface area contributed by atoms with Crippen molar-refractivity contribution in [3.8, 4) is 0 Å². The molecule has 1 aliphatic carbocycles. The first kappa shape index (κ1) is 14.0. The van der Waals surface area contributed by atoms with E-state index in [0.717, 1.165) is 10.5 Å². The molecule has 1 aliphatic rings. The summed E-state index contributed by atoms with van der Waals surface area (Å²) in [5.74, 6) is -0.667. The molecule has 0 aromatic heterocycles. The number of rotatable bonds is 3. The van der Waals surface area contributed by atoms with Gasteiger partial charge in [0.1, 0.15) is 0 Å². The van der Waals surface area contributed by atoms with Crippen LogP contribution >= 0.6 is 0 Å². The average Bonchev–Trinajstić information content (AvgIpc) is 2.38. The second kappa shape index (κ2) is 5.70. The fourth-order valence-corrected chi connectivity index (χ4v) is 4.23. The minimum absolute atomic E-state index is 0.0469. The van der Waals surface area contributed by atoms with Gasteiger partial charge in [-0.15, -0.1) is 0 Å². The lowest BCUT2D eigenvalue weighted by molar-refractivity contribution is -0.122. The Labute approximate surface area is 116 Å². The molecule has 0 bridgehead atoms. The Kier molecular flexibility index (Phi) is 4.20. The van der Waals surface area contributed by atoms with Crippen molar-refractivity contribution in [1.29, 1.82) is 0 Å². The van der Waals surface area contributed by atoms with Crippen LogP contribution in [0.15, 0.2) is 41.3 Å². The first-order chi connectivity index (χ1) is 9.00. The predicted octanol–water partition coefficient (Wildman–Crippen LogP) is 2.17. The van der Waals surface area contributed by atoms with E-state index in [-0.39, 0.29) is 23.0 Å². The molecule has 2 N–H and O–H groups in total. The van der Waals surface area contributed by atoms with E-state index in [1.54, 1.807) is 0 Å². The summed E-state index contributed by atoms with van der Waals surface area (Å²) < 4.78 is 12.6. The molecule has 1 amide bonds. The summed E-state index contributed by atoms with van der Waals surface area (Å²) in [7, 11) is -1.20. The first-order valence-corrected chi connectivity index (χ1v) is 7.65. The van der Waals surface area contributed by atoms with E-state index in [2.05, 4.69) is 0 Å². The van der Waals surface area contributed by atoms with Gasteiger partial charge in [0, 0.05) is 4.90 Å². The Morgan fingerprint density at radius 1 is 1.32 bits per heavy atom. The summed E-state index contributed by atoms with van der Waals surface area (Å²) in [5, 5.41) is -0.222. The summed E-state index contributed by atoms with van der Waals surface area (Å²) in [6.07, 6.45) is 4.62. The highest BCUT2D eigenvalue weighted by Crippen LogP contribution is 2.31. The van der Waals surface area contributed by atoms with Gasteiger partial charge < -0.3 is 5.73 Å². The van der Waals surface area contributed by atoms with Gasteiger partial charge in [0.25, 0.3) is 0 Å². The number of nitrogens with two attached hydrogens (primary N) is 1. The molecule has 0 aliphatic heterocycles. The van der Waals surface area contributed by atoms with Gasteiger partial charge in [0.15, 0.2) is 0 Å². The summed E-state index contributed by atoms with van der Waals surface area (Å²) in [4.78, 5) is 12.4. The SMILES string of the molecule is Cc1ccc([S@](=O)[C@H]2CC=C[C@@H](C)[C@H]2C(N)=O)cc1. The van der Waals surface area contributed by atoms with Crippen LogP contribution in [0, 0.1) is 18.8 Å². The van der Waals surface area contributed by atoms with Crippen LogP contribution < -0.4 is 5.73 Å². The molecule has 1 aromatic rings. The molecule has 1 aromatic carbocycles. The number of benzene rings is 1. The second-order valence-electron chi connectivity index (χ2n) is 5.10. The summed E-state index contributed by atoms with van der Waals surface area (Å²) in [6.45, 7) is 3.94. The first-order valence-electron chi connectivity index (χ1n) is 6.44. The minimum Gasteiger partial charge on any atom is -0.369 e. The number of allylic oxidation sites excluding steroid dienone is 2. The molecule has 3 nitrogen and oxygen atoms in total. The van der Waals surface area contributed by atoms with Gasteiger partial charge in [0.05, 0.1) is 22.0 Å². The highest BCUT2D eigenvalue weighted by atomic mass is 32.2. The lowest BCUT2D eigenvalue weighted by Crippen LogP contribution is -2.41. The van der Waals surface area contributed by atoms with Crippen molar-refractivity contribution in [1.82, 2.24) is 0 Å². The number of hydrogen-bond donors (Lipinski definition) is 1. The van der Waals surface area contributed by atoms with Gasteiger partial charge in [-0.05, 0) is 31.4 Å². The smallest absolute Gasteiger partial charge is 0.222 e. The molecule has 0 fully saturated rings. The maximum Gasteiger partial charge on any atom is 0.222 e. The normalized spacial score (nSPS) is 28.0. The molecule has 0 saturated carbocycles. The number of amides is 1. The fourth-order valence-electron chi connectivity index (χ4n) is 2.54. The van der Waals surface area contributed by atoms with Gasteiger partial charge >= 0.3 is 0 Å². The van der Waals surface area contributed by atoms with E-state index in [1.807, 2.05) is 50.3 Å². The van der Waals surface area contributed by atoms with Crippen LogP contribution in [-0.4, -0.2) is 15.4 Å². The Morgan fingerprint density at radius 3 is 2.53 bits per heavy atom.